The molecule has 11 aromatic rings. The Morgan fingerprint density at radius 1 is 0.239 bits per heavy atom. The molecule has 0 fully saturated rings. The van der Waals surface area contributed by atoms with E-state index < -0.39 is 0 Å². The van der Waals surface area contributed by atoms with E-state index in [0.717, 1.165) is 0 Å². The Labute approximate surface area is 621 Å². The second-order valence-corrected chi connectivity index (χ2v) is 29.7. The number of hydrogen-bond donors (Lipinski definition) is 2. The van der Waals surface area contributed by atoms with Gasteiger partial charge in [-0.25, -0.2) is 29.9 Å². The molecule has 13 rings (SSSR count). The predicted octanol–water partition coefficient (Wildman–Crippen LogP) is 28.0. The standard InChI is InChI=1S/C56H14Br8Cl12N8O4/c57-13-5-1-6-14(58)41(13)85-45-33(69)25-21(29(65)37(45)73)49-77-50-22-27(35(71)47(38(74)30(22)66)87-43-17(61)9-3-10-18(43)62)55(79-50)84-56-28-24(32(68)40(76)48(36(28)72)88-44-19(63)11-4-12-20(44)64)52(83-56)82-54-26-23(51(81-54)80-53(25)78-49)31(67)39(75)46(34(26)70)86-42-15(59)7-2-8-16(42)60/h1-12H,(H2,77,78,79,80,81,82,83,84). The number of hydrogen-bond acceptors (Lipinski definition) is 10. The van der Waals surface area contributed by atoms with Gasteiger partial charge in [-0.1, -0.05) is 163 Å². The molecular weight excluding hydrogens is 1910 g/mol. The van der Waals surface area contributed by atoms with Gasteiger partial charge in [0.25, 0.3) is 0 Å². The maximum atomic E-state index is 7.55. The molecule has 0 unspecified atom stereocenters. The minimum atomic E-state index is -0.135. The largest absolute Gasteiger partial charge is 0.452 e. The summed E-state index contributed by atoms with van der Waals surface area (Å²) in [7, 11) is 0. The lowest BCUT2D eigenvalue weighted by molar-refractivity contribution is 0.477. The molecule has 0 spiro atoms. The lowest BCUT2D eigenvalue weighted by Crippen LogP contribution is -1.94. The summed E-state index contributed by atoms with van der Waals surface area (Å²) in [4.78, 5) is 37.2. The number of aromatic amines is 2. The third-order valence-electron chi connectivity index (χ3n) is 13.2. The van der Waals surface area contributed by atoms with Crippen LogP contribution >= 0.6 is 267 Å². The van der Waals surface area contributed by atoms with Gasteiger partial charge >= 0.3 is 0 Å². The lowest BCUT2D eigenvalue weighted by atomic mass is 10.1. The van der Waals surface area contributed by atoms with Crippen molar-refractivity contribution in [2.75, 3.05) is 0 Å². The minimum Gasteiger partial charge on any atom is -0.452 e. The van der Waals surface area contributed by atoms with E-state index >= 15 is 0 Å². The smallest absolute Gasteiger partial charge is 0.167 e. The molecule has 2 aliphatic heterocycles. The summed E-state index contributed by atoms with van der Waals surface area (Å²) in [5.74, 6) is 0.358. The monoisotopic (exact) mass is 1910 g/mol. The van der Waals surface area contributed by atoms with Crippen molar-refractivity contribution in [1.82, 2.24) is 39.9 Å². The number of benzene rings is 8. The Bertz CT molecular complexity index is 5100. The highest BCUT2D eigenvalue weighted by molar-refractivity contribution is 9.12. The molecule has 88 heavy (non-hydrogen) atoms. The average Bonchev–Trinajstić information content (AvgIpc) is 3.07. The molecule has 0 amide bonds. The summed E-state index contributed by atoms with van der Waals surface area (Å²) >= 11 is 117. The summed E-state index contributed by atoms with van der Waals surface area (Å²) < 4.78 is 30.4. The van der Waals surface area contributed by atoms with Gasteiger partial charge in [-0.05, 0) is 176 Å². The molecule has 0 atom stereocenters. The van der Waals surface area contributed by atoms with Crippen molar-refractivity contribution in [2.45, 2.75) is 0 Å². The number of aromatic nitrogens is 8. The summed E-state index contributed by atoms with van der Waals surface area (Å²) in [5.41, 5.74) is 0.164. The van der Waals surface area contributed by atoms with Crippen LogP contribution in [-0.4, -0.2) is 39.9 Å². The molecule has 5 heterocycles. The molecule has 0 aliphatic carbocycles. The fourth-order valence-corrected chi connectivity index (χ4v) is 17.4. The molecule has 2 N–H and O–H groups in total. The van der Waals surface area contributed by atoms with Gasteiger partial charge < -0.3 is 28.9 Å². The Hall–Kier alpha value is -2.36. The van der Waals surface area contributed by atoms with Gasteiger partial charge in [-0.3, -0.25) is 0 Å². The fraction of sp³-hybridized carbons (Fsp3) is 0. The number of nitrogens with one attached hydrogen (secondary N) is 2. The van der Waals surface area contributed by atoms with Crippen molar-refractivity contribution in [2.24, 2.45) is 0 Å². The van der Waals surface area contributed by atoms with Crippen molar-refractivity contribution >= 4 is 311 Å². The minimum absolute atomic E-state index is 0.0378. The molecule has 2 aliphatic rings. The summed E-state index contributed by atoms with van der Waals surface area (Å²) in [6.07, 6.45) is 0. The zero-order valence-electron chi connectivity index (χ0n) is 41.8. The van der Waals surface area contributed by atoms with Crippen molar-refractivity contribution in [3.05, 3.63) is 169 Å². The molecule has 8 bridgehead atoms. The molecule has 0 radical (unpaired) electrons. The lowest BCUT2D eigenvalue weighted by Gasteiger charge is -2.16. The van der Waals surface area contributed by atoms with E-state index in [4.69, 9.17) is 188 Å². The van der Waals surface area contributed by atoms with Gasteiger partial charge in [0, 0.05) is 0 Å². The van der Waals surface area contributed by atoms with E-state index in [-0.39, 0.29) is 173 Å². The SMILES string of the molecule is Clc1c(Cl)c2c(c(Cl)c1Oc1c(Br)cccc1Br)-c1nc-2nc2[nH]c(nc3nc(nc4[nH]c(n1)c1c(Cl)c(Cl)c(Oc5c(Br)cccc5Br)c(Cl)c41)-c1c(Cl)c(Cl)c(Oc4c(Br)cccc4Br)c(Cl)c1-3)c1c(Cl)c(Oc3c(Br)cccc3Br)c(Cl)c(Cl)c21. The maximum Gasteiger partial charge on any atom is 0.167 e. The van der Waals surface area contributed by atoms with Gasteiger partial charge in [0.2, 0.25) is 0 Å². The third-order valence-corrected chi connectivity index (χ3v) is 23.0. The quantitative estimate of drug-likeness (QED) is 0.141. The van der Waals surface area contributed by atoms with E-state index in [0.29, 0.717) is 58.8 Å². The highest BCUT2D eigenvalue weighted by Crippen LogP contribution is 2.59. The number of H-pyrrole nitrogens is 2. The highest BCUT2D eigenvalue weighted by atomic mass is 79.9. The summed E-state index contributed by atoms with van der Waals surface area (Å²) in [6, 6.07) is 21.3. The molecule has 3 aromatic heterocycles. The zero-order chi connectivity index (χ0) is 62.4. The van der Waals surface area contributed by atoms with Crippen LogP contribution in [0.1, 0.15) is 0 Å². The molecule has 8 aromatic carbocycles. The van der Waals surface area contributed by atoms with Crippen LogP contribution in [0.2, 0.25) is 60.3 Å². The summed E-state index contributed by atoms with van der Waals surface area (Å²) in [6.45, 7) is 0. The number of fused-ring (bicyclic) bond motifs is 20. The van der Waals surface area contributed by atoms with Gasteiger partial charge in [0.05, 0.1) is 120 Å². The highest BCUT2D eigenvalue weighted by Gasteiger charge is 2.36. The van der Waals surface area contributed by atoms with Crippen LogP contribution < -0.4 is 18.9 Å². The van der Waals surface area contributed by atoms with Gasteiger partial charge in [0.15, 0.2) is 69.3 Å². The van der Waals surface area contributed by atoms with Crippen molar-refractivity contribution < 1.29 is 18.9 Å². The molecule has 442 valence electrons. The Kier molecular flexibility index (Phi) is 18.3. The van der Waals surface area contributed by atoms with Crippen molar-refractivity contribution in [1.29, 1.82) is 0 Å². The van der Waals surface area contributed by atoms with Crippen LogP contribution in [0, 0.1) is 0 Å². The van der Waals surface area contributed by atoms with Gasteiger partial charge in [0.1, 0.15) is 42.7 Å². The van der Waals surface area contributed by atoms with Crippen LogP contribution in [0.3, 0.4) is 0 Å². The van der Waals surface area contributed by atoms with Crippen LogP contribution in [0.15, 0.2) is 109 Å². The molecular formula is C56H14Br8Cl12N8O4. The zero-order valence-corrected chi connectivity index (χ0v) is 63.6. The number of rotatable bonds is 8. The topological polar surface area (TPSA) is 146 Å². The molecule has 12 nitrogen and oxygen atoms in total. The Morgan fingerprint density at radius 3 is 0.693 bits per heavy atom. The van der Waals surface area contributed by atoms with E-state index in [1.165, 1.54) is 0 Å². The second kappa shape index (κ2) is 25.1. The second-order valence-electron chi connectivity index (χ2n) is 18.3. The fourth-order valence-electron chi connectivity index (χ4n) is 9.35. The molecule has 32 heteroatoms. The first-order valence-corrected chi connectivity index (χ1v) is 35.0. The normalized spacial score (nSPS) is 11.9. The predicted molar refractivity (Wildman–Crippen MR) is 384 cm³/mol. The number of nitrogens with zero attached hydrogens (tertiary/aromatic N) is 6. The van der Waals surface area contributed by atoms with Crippen molar-refractivity contribution in [3.8, 4) is 91.5 Å². The van der Waals surface area contributed by atoms with Crippen LogP contribution in [0.4, 0.5) is 0 Å². The first-order chi connectivity index (χ1) is 41.9. The average molecular weight is 1930 g/mol. The van der Waals surface area contributed by atoms with Crippen LogP contribution in [0.5, 0.6) is 46.0 Å². The van der Waals surface area contributed by atoms with E-state index in [9.17, 15) is 0 Å². The Balaban J connectivity index is 1.22. The van der Waals surface area contributed by atoms with Gasteiger partial charge in [-0.2, -0.15) is 0 Å². The number of halogens is 20. The first-order valence-electron chi connectivity index (χ1n) is 24.1. The van der Waals surface area contributed by atoms with Gasteiger partial charge in [-0.15, -0.1) is 0 Å². The molecule has 0 saturated carbocycles. The van der Waals surface area contributed by atoms with Crippen LogP contribution in [0.25, 0.3) is 89.7 Å². The number of para-hydroxylation sites is 4. The van der Waals surface area contributed by atoms with E-state index in [1.807, 2.05) is 0 Å². The summed E-state index contributed by atoms with van der Waals surface area (Å²) in [5, 5.41) is -0.934. The molecule has 0 saturated heterocycles. The first kappa shape index (κ1) is 64.4. The van der Waals surface area contributed by atoms with Crippen molar-refractivity contribution in [3.63, 3.8) is 0 Å². The Morgan fingerprint density at radius 2 is 0.443 bits per heavy atom. The number of ether oxygens (including phenoxy) is 4. The third kappa shape index (κ3) is 10.8. The van der Waals surface area contributed by atoms with E-state index in [2.05, 4.69) is 137 Å². The maximum absolute atomic E-state index is 7.55. The van der Waals surface area contributed by atoms with E-state index in [1.54, 1.807) is 72.8 Å². The van der Waals surface area contributed by atoms with Crippen LogP contribution in [-0.2, 0) is 0 Å².